The second-order valence-electron chi connectivity index (χ2n) is 5.60. The van der Waals surface area contributed by atoms with Crippen LogP contribution < -0.4 is 5.32 Å². The van der Waals surface area contributed by atoms with Crippen molar-refractivity contribution >= 4 is 0 Å². The first kappa shape index (κ1) is 15.3. The molecule has 1 aromatic rings. The van der Waals surface area contributed by atoms with Gasteiger partial charge < -0.3 is 10.4 Å². The summed E-state index contributed by atoms with van der Waals surface area (Å²) in [5.74, 6) is -0.00188. The first-order valence-corrected chi connectivity index (χ1v) is 7.57. The molecular formula is C16H25FN2O. The number of nitrogens with one attached hydrogen (secondary N) is 1. The van der Waals surface area contributed by atoms with Gasteiger partial charge in [-0.05, 0) is 31.0 Å². The van der Waals surface area contributed by atoms with Gasteiger partial charge in [-0.2, -0.15) is 0 Å². The molecule has 0 radical (unpaired) electrons. The maximum atomic E-state index is 13.7. The summed E-state index contributed by atoms with van der Waals surface area (Å²) in [5, 5.41) is 13.6. The predicted molar refractivity (Wildman–Crippen MR) is 79.5 cm³/mol. The number of hydrogen-bond donors (Lipinski definition) is 2. The van der Waals surface area contributed by atoms with Crippen LogP contribution in [-0.2, 0) is 0 Å². The molecule has 1 aromatic carbocycles. The fourth-order valence-electron chi connectivity index (χ4n) is 2.94. The largest absolute Gasteiger partial charge is 0.507 e. The number of phenolic OH excluding ortho intramolecular Hbond substituents is 1. The van der Waals surface area contributed by atoms with Gasteiger partial charge >= 0.3 is 0 Å². The lowest BCUT2D eigenvalue weighted by molar-refractivity contribution is 0.160. The Balaban J connectivity index is 2.29. The molecule has 0 saturated carbocycles. The number of phenols is 1. The maximum Gasteiger partial charge on any atom is 0.124 e. The molecule has 0 unspecified atom stereocenters. The van der Waals surface area contributed by atoms with Crippen molar-refractivity contribution in [3.8, 4) is 5.75 Å². The molecule has 1 heterocycles. The van der Waals surface area contributed by atoms with Gasteiger partial charge in [0, 0.05) is 37.8 Å². The highest BCUT2D eigenvalue weighted by Crippen LogP contribution is 2.35. The second-order valence-corrected chi connectivity index (χ2v) is 5.60. The Labute approximate surface area is 120 Å². The number of benzene rings is 1. The fraction of sp³-hybridized carbons (Fsp3) is 0.625. The third-order valence-corrected chi connectivity index (χ3v) is 4.08. The van der Waals surface area contributed by atoms with E-state index in [1.54, 1.807) is 6.92 Å². The molecule has 2 rings (SSSR count). The van der Waals surface area contributed by atoms with Gasteiger partial charge in [-0.1, -0.05) is 19.8 Å². The van der Waals surface area contributed by atoms with Crippen LogP contribution in [0.2, 0.25) is 0 Å². The van der Waals surface area contributed by atoms with Crippen LogP contribution in [-0.4, -0.2) is 36.2 Å². The number of aromatic hydroxyl groups is 1. The van der Waals surface area contributed by atoms with Crippen LogP contribution in [0.3, 0.4) is 0 Å². The van der Waals surface area contributed by atoms with Crippen molar-refractivity contribution in [3.05, 3.63) is 29.1 Å². The third-order valence-electron chi connectivity index (χ3n) is 4.08. The van der Waals surface area contributed by atoms with Crippen molar-refractivity contribution in [2.24, 2.45) is 0 Å². The summed E-state index contributed by atoms with van der Waals surface area (Å²) in [6.07, 6.45) is 3.16. The molecule has 0 bridgehead atoms. The molecule has 1 aliphatic rings. The molecule has 0 aromatic heterocycles. The molecule has 1 saturated heterocycles. The third kappa shape index (κ3) is 3.49. The lowest BCUT2D eigenvalue weighted by Crippen LogP contribution is -2.45. The van der Waals surface area contributed by atoms with Crippen LogP contribution in [0.5, 0.6) is 5.75 Å². The van der Waals surface area contributed by atoms with Crippen molar-refractivity contribution in [2.75, 3.05) is 26.2 Å². The lowest BCUT2D eigenvalue weighted by atomic mass is 9.96. The van der Waals surface area contributed by atoms with E-state index in [-0.39, 0.29) is 17.6 Å². The molecule has 4 heteroatoms. The van der Waals surface area contributed by atoms with Crippen LogP contribution in [0.15, 0.2) is 12.1 Å². The Bertz CT molecular complexity index is 444. The van der Waals surface area contributed by atoms with Gasteiger partial charge in [0.05, 0.1) is 0 Å². The normalized spacial score (nSPS) is 18.1. The molecule has 0 spiro atoms. The van der Waals surface area contributed by atoms with Gasteiger partial charge in [0.1, 0.15) is 11.6 Å². The average Bonchev–Trinajstić information content (AvgIpc) is 2.45. The van der Waals surface area contributed by atoms with Crippen LogP contribution in [0, 0.1) is 12.7 Å². The number of halogens is 1. The summed E-state index contributed by atoms with van der Waals surface area (Å²) in [5.41, 5.74) is 1.37. The summed E-state index contributed by atoms with van der Waals surface area (Å²) in [7, 11) is 0. The van der Waals surface area contributed by atoms with Gasteiger partial charge in [-0.3, -0.25) is 4.90 Å². The molecule has 0 aliphatic carbocycles. The lowest BCUT2D eigenvalue weighted by Gasteiger charge is -2.35. The summed E-state index contributed by atoms with van der Waals surface area (Å²) in [6.45, 7) is 7.73. The summed E-state index contributed by atoms with van der Waals surface area (Å²) in [6, 6.07) is 3.02. The highest BCUT2D eigenvalue weighted by molar-refractivity contribution is 5.42. The van der Waals surface area contributed by atoms with E-state index in [1.165, 1.54) is 12.1 Å². The van der Waals surface area contributed by atoms with E-state index >= 15 is 0 Å². The second kappa shape index (κ2) is 7.04. The van der Waals surface area contributed by atoms with Crippen LogP contribution >= 0.6 is 0 Å². The quantitative estimate of drug-likeness (QED) is 0.870. The summed E-state index contributed by atoms with van der Waals surface area (Å²) in [4.78, 5) is 2.36. The zero-order chi connectivity index (χ0) is 14.5. The van der Waals surface area contributed by atoms with Crippen molar-refractivity contribution in [3.63, 3.8) is 0 Å². The van der Waals surface area contributed by atoms with E-state index in [0.29, 0.717) is 5.56 Å². The number of hydrogen-bond acceptors (Lipinski definition) is 3. The zero-order valence-corrected chi connectivity index (χ0v) is 12.5. The SMILES string of the molecule is CCCC[C@H](c1cc(F)cc(C)c1O)N1CCNCC1. The Morgan fingerprint density at radius 2 is 2.05 bits per heavy atom. The number of unbranched alkanes of at least 4 members (excludes halogenated alkanes) is 1. The minimum atomic E-state index is -0.257. The van der Waals surface area contributed by atoms with Crippen LogP contribution in [0.4, 0.5) is 4.39 Å². The molecule has 3 nitrogen and oxygen atoms in total. The molecule has 1 fully saturated rings. The fourth-order valence-corrected chi connectivity index (χ4v) is 2.94. The van der Waals surface area contributed by atoms with Gasteiger partial charge in [0.25, 0.3) is 0 Å². The predicted octanol–water partition coefficient (Wildman–Crippen LogP) is 2.98. The Morgan fingerprint density at radius 3 is 2.70 bits per heavy atom. The van der Waals surface area contributed by atoms with Crippen LogP contribution in [0.25, 0.3) is 0 Å². The summed E-state index contributed by atoms with van der Waals surface area (Å²) >= 11 is 0. The van der Waals surface area contributed by atoms with Crippen molar-refractivity contribution in [1.29, 1.82) is 0 Å². The Hall–Kier alpha value is -1.13. The minimum Gasteiger partial charge on any atom is -0.507 e. The average molecular weight is 280 g/mol. The smallest absolute Gasteiger partial charge is 0.124 e. The van der Waals surface area contributed by atoms with Crippen LogP contribution in [0.1, 0.15) is 43.4 Å². The molecular weight excluding hydrogens is 255 g/mol. The zero-order valence-electron chi connectivity index (χ0n) is 12.5. The maximum absolute atomic E-state index is 13.7. The Kier molecular flexibility index (Phi) is 5.38. The number of aryl methyl sites for hydroxylation is 1. The van der Waals surface area contributed by atoms with Gasteiger partial charge in [0.15, 0.2) is 0 Å². The van der Waals surface area contributed by atoms with Crippen molar-refractivity contribution < 1.29 is 9.50 Å². The van der Waals surface area contributed by atoms with E-state index in [0.717, 1.165) is 51.0 Å². The first-order chi connectivity index (χ1) is 9.63. The molecule has 112 valence electrons. The van der Waals surface area contributed by atoms with E-state index in [4.69, 9.17) is 0 Å². The Morgan fingerprint density at radius 1 is 1.35 bits per heavy atom. The number of rotatable bonds is 5. The molecule has 2 N–H and O–H groups in total. The molecule has 1 atom stereocenters. The van der Waals surface area contributed by atoms with E-state index in [2.05, 4.69) is 17.1 Å². The topological polar surface area (TPSA) is 35.5 Å². The van der Waals surface area contributed by atoms with Gasteiger partial charge in [-0.25, -0.2) is 4.39 Å². The van der Waals surface area contributed by atoms with Crippen molar-refractivity contribution in [2.45, 2.75) is 39.2 Å². The van der Waals surface area contributed by atoms with E-state index in [1.807, 2.05) is 0 Å². The van der Waals surface area contributed by atoms with E-state index in [9.17, 15) is 9.50 Å². The standard InChI is InChI=1S/C16H25FN2O/c1-3-4-5-15(19-8-6-18-7-9-19)14-11-13(17)10-12(2)16(14)20/h10-11,15,18,20H,3-9H2,1-2H3/t15-/m1/s1. The van der Waals surface area contributed by atoms with Crippen molar-refractivity contribution in [1.82, 2.24) is 10.2 Å². The molecule has 20 heavy (non-hydrogen) atoms. The van der Waals surface area contributed by atoms with Gasteiger partial charge in [0.2, 0.25) is 0 Å². The summed E-state index contributed by atoms with van der Waals surface area (Å²) < 4.78 is 13.7. The highest BCUT2D eigenvalue weighted by Gasteiger charge is 2.25. The highest BCUT2D eigenvalue weighted by atomic mass is 19.1. The monoisotopic (exact) mass is 280 g/mol. The molecule has 1 aliphatic heterocycles. The first-order valence-electron chi connectivity index (χ1n) is 7.57. The van der Waals surface area contributed by atoms with Gasteiger partial charge in [-0.15, -0.1) is 0 Å². The molecule has 0 amide bonds. The minimum absolute atomic E-state index is 0.117. The van der Waals surface area contributed by atoms with E-state index < -0.39 is 0 Å². The number of nitrogens with zero attached hydrogens (tertiary/aromatic N) is 1. The number of piperazine rings is 1.